The summed E-state index contributed by atoms with van der Waals surface area (Å²) in [4.78, 5) is 24.5. The van der Waals surface area contributed by atoms with Crippen LogP contribution in [0.2, 0.25) is 0 Å². The number of nitrogens with two attached hydrogens (primary N) is 2. The highest BCUT2D eigenvalue weighted by atomic mass is 32.2. The third-order valence-electron chi connectivity index (χ3n) is 4.82. The highest BCUT2D eigenvalue weighted by Gasteiger charge is 2.13. The predicted octanol–water partition coefficient (Wildman–Crippen LogP) is 1.37. The van der Waals surface area contributed by atoms with Crippen molar-refractivity contribution in [3.8, 4) is 5.95 Å². The van der Waals surface area contributed by atoms with Crippen LogP contribution in [0.5, 0.6) is 0 Å². The molecule has 14 nitrogen and oxygen atoms in total. The topological polar surface area (TPSA) is 205 Å². The zero-order chi connectivity index (χ0) is 26.3. The molecule has 0 aliphatic rings. The van der Waals surface area contributed by atoms with Crippen molar-refractivity contribution in [1.29, 1.82) is 0 Å². The molecule has 37 heavy (non-hydrogen) atoms. The minimum atomic E-state index is -3.79. The molecule has 7 N–H and O–H groups in total. The average Bonchev–Trinajstić information content (AvgIpc) is 3.25. The van der Waals surface area contributed by atoms with Gasteiger partial charge in [0.05, 0.1) is 4.90 Å². The summed E-state index contributed by atoms with van der Waals surface area (Å²) >= 11 is 0. The second-order valence-corrected chi connectivity index (χ2v) is 9.12. The Morgan fingerprint density at radius 3 is 2.49 bits per heavy atom. The van der Waals surface area contributed by atoms with Gasteiger partial charge >= 0.3 is 6.09 Å². The molecular weight excluding hydrogens is 500 g/mol. The fourth-order valence-electron chi connectivity index (χ4n) is 3.06. The number of nitrogens with zero attached hydrogens (tertiary/aromatic N) is 5. The van der Waals surface area contributed by atoms with Crippen LogP contribution in [0.1, 0.15) is 5.56 Å². The molecule has 15 heteroatoms. The Balaban J connectivity index is 1.30. The Bertz CT molecular complexity index is 1460. The largest absolute Gasteiger partial charge is 0.445 e. The molecule has 2 aromatic heterocycles. The summed E-state index contributed by atoms with van der Waals surface area (Å²) < 4.78 is 29.2. The molecule has 0 atom stereocenters. The first-order chi connectivity index (χ1) is 17.8. The first kappa shape index (κ1) is 25.3. The molecule has 2 aromatic carbocycles. The first-order valence-electron chi connectivity index (χ1n) is 10.9. The number of aromatic nitrogens is 5. The number of hydrogen-bond acceptors (Lipinski definition) is 11. The molecular formula is C22H24N10O4S. The number of alkyl carbamates (subject to hydrolysis) is 1. The van der Waals surface area contributed by atoms with Crippen molar-refractivity contribution in [2.45, 2.75) is 11.5 Å². The standard InChI is InChI=1S/C22H24N10O4S/c23-19-30-20(28-16-6-8-17(9-7-16)37(24,34)35)31-32(19)21-26-11-10-18(29-21)25-12-13-27-22(33)36-14-15-4-2-1-3-5-15/h1-11H,12-14H2,(H,27,33)(H2,24,34,35)(H,25,26,29)(H3,23,28,30,31). The van der Waals surface area contributed by atoms with Crippen molar-refractivity contribution in [2.24, 2.45) is 5.14 Å². The number of hydrogen-bond donors (Lipinski definition) is 5. The van der Waals surface area contributed by atoms with Gasteiger partial charge in [0.1, 0.15) is 12.4 Å². The molecule has 2 heterocycles. The van der Waals surface area contributed by atoms with E-state index >= 15 is 0 Å². The molecule has 1 amide bonds. The number of carbonyl (C=O) groups is 1. The summed E-state index contributed by atoms with van der Waals surface area (Å²) in [5.74, 6) is 0.833. The Morgan fingerprint density at radius 1 is 1.00 bits per heavy atom. The van der Waals surface area contributed by atoms with E-state index in [2.05, 4.69) is 36.0 Å². The molecule has 0 aliphatic heterocycles. The normalized spacial score (nSPS) is 11.1. The molecule has 0 unspecified atom stereocenters. The fraction of sp³-hybridized carbons (Fsp3) is 0.136. The maximum Gasteiger partial charge on any atom is 0.407 e. The fourth-order valence-corrected chi connectivity index (χ4v) is 3.57. The lowest BCUT2D eigenvalue weighted by molar-refractivity contribution is 0.140. The van der Waals surface area contributed by atoms with Crippen LogP contribution in [0.15, 0.2) is 71.8 Å². The van der Waals surface area contributed by atoms with E-state index in [1.54, 1.807) is 6.07 Å². The van der Waals surface area contributed by atoms with E-state index in [-0.39, 0.29) is 29.3 Å². The van der Waals surface area contributed by atoms with E-state index in [0.717, 1.165) is 5.56 Å². The number of anilines is 4. The summed E-state index contributed by atoms with van der Waals surface area (Å²) in [5, 5.41) is 18.0. The number of carbonyl (C=O) groups excluding carboxylic acids is 1. The van der Waals surface area contributed by atoms with Gasteiger partial charge in [-0.25, -0.2) is 23.3 Å². The Hall–Kier alpha value is -4.76. The Labute approximate surface area is 212 Å². The van der Waals surface area contributed by atoms with Gasteiger partial charge in [0.25, 0.3) is 5.95 Å². The van der Waals surface area contributed by atoms with Crippen molar-refractivity contribution in [3.63, 3.8) is 0 Å². The van der Waals surface area contributed by atoms with Gasteiger partial charge in [-0.2, -0.15) is 14.6 Å². The van der Waals surface area contributed by atoms with E-state index in [4.69, 9.17) is 15.6 Å². The number of rotatable bonds is 10. The minimum absolute atomic E-state index is 0.0203. The Kier molecular flexibility index (Phi) is 7.75. The van der Waals surface area contributed by atoms with Gasteiger partial charge in [0.2, 0.25) is 21.9 Å². The summed E-state index contributed by atoms with van der Waals surface area (Å²) in [6.45, 7) is 0.869. The number of ether oxygens (including phenoxy) is 1. The van der Waals surface area contributed by atoms with E-state index in [9.17, 15) is 13.2 Å². The van der Waals surface area contributed by atoms with Gasteiger partial charge in [-0.1, -0.05) is 30.3 Å². The second-order valence-electron chi connectivity index (χ2n) is 7.56. The molecule has 4 aromatic rings. The molecule has 0 radical (unpaired) electrons. The molecule has 0 spiro atoms. The van der Waals surface area contributed by atoms with E-state index in [0.29, 0.717) is 24.6 Å². The number of nitrogens with one attached hydrogen (secondary N) is 3. The second kappa shape index (κ2) is 11.3. The number of nitrogen functional groups attached to an aromatic ring is 1. The third-order valence-corrected chi connectivity index (χ3v) is 5.75. The minimum Gasteiger partial charge on any atom is -0.445 e. The van der Waals surface area contributed by atoms with Crippen LogP contribution in [0.25, 0.3) is 5.95 Å². The summed E-state index contributed by atoms with van der Waals surface area (Å²) in [6.07, 6.45) is 0.996. The van der Waals surface area contributed by atoms with Gasteiger partial charge in [-0.15, -0.1) is 5.10 Å². The van der Waals surface area contributed by atoms with Crippen molar-refractivity contribution in [2.75, 3.05) is 29.5 Å². The van der Waals surface area contributed by atoms with Crippen LogP contribution in [0, 0.1) is 0 Å². The molecule has 0 aliphatic carbocycles. The molecule has 0 saturated heterocycles. The van der Waals surface area contributed by atoms with Crippen LogP contribution < -0.4 is 26.8 Å². The van der Waals surface area contributed by atoms with Gasteiger partial charge in [-0.3, -0.25) is 0 Å². The zero-order valence-corrected chi connectivity index (χ0v) is 20.2. The van der Waals surface area contributed by atoms with Gasteiger partial charge in [0, 0.05) is 25.0 Å². The van der Waals surface area contributed by atoms with Crippen molar-refractivity contribution in [1.82, 2.24) is 30.0 Å². The number of amides is 1. The highest BCUT2D eigenvalue weighted by Crippen LogP contribution is 2.18. The zero-order valence-electron chi connectivity index (χ0n) is 19.4. The maximum atomic E-state index is 11.8. The lowest BCUT2D eigenvalue weighted by Crippen LogP contribution is -2.29. The number of sulfonamides is 1. The van der Waals surface area contributed by atoms with Crippen molar-refractivity contribution >= 4 is 39.5 Å². The van der Waals surface area contributed by atoms with E-state index < -0.39 is 16.1 Å². The Morgan fingerprint density at radius 2 is 1.76 bits per heavy atom. The molecule has 192 valence electrons. The molecule has 0 fully saturated rings. The quantitative estimate of drug-likeness (QED) is 0.187. The monoisotopic (exact) mass is 524 g/mol. The first-order valence-corrected chi connectivity index (χ1v) is 12.5. The molecule has 4 rings (SSSR count). The molecule has 0 bridgehead atoms. The van der Waals surface area contributed by atoms with Crippen molar-refractivity contribution < 1.29 is 17.9 Å². The van der Waals surface area contributed by atoms with E-state index in [1.807, 2.05) is 30.3 Å². The third kappa shape index (κ3) is 7.12. The van der Waals surface area contributed by atoms with Crippen LogP contribution >= 0.6 is 0 Å². The van der Waals surface area contributed by atoms with Crippen LogP contribution in [-0.4, -0.2) is 52.3 Å². The van der Waals surface area contributed by atoms with Crippen LogP contribution in [-0.2, 0) is 21.4 Å². The van der Waals surface area contributed by atoms with Gasteiger partial charge < -0.3 is 26.4 Å². The number of primary sulfonamides is 1. The number of benzene rings is 2. The lowest BCUT2D eigenvalue weighted by atomic mass is 10.2. The maximum absolute atomic E-state index is 11.8. The molecule has 0 saturated carbocycles. The summed E-state index contributed by atoms with van der Waals surface area (Å²) in [5.41, 5.74) is 7.40. The van der Waals surface area contributed by atoms with E-state index in [1.165, 1.54) is 35.1 Å². The smallest absolute Gasteiger partial charge is 0.407 e. The SMILES string of the molecule is Nc1nc(Nc2ccc(S(N)(=O)=O)cc2)nn1-c1nccc(NCCNC(=O)OCc2ccccc2)n1. The average molecular weight is 525 g/mol. The highest BCUT2D eigenvalue weighted by molar-refractivity contribution is 7.89. The lowest BCUT2D eigenvalue weighted by Gasteiger charge is -2.09. The van der Waals surface area contributed by atoms with Crippen molar-refractivity contribution in [3.05, 3.63) is 72.4 Å². The van der Waals surface area contributed by atoms with Gasteiger partial charge in [-0.05, 0) is 35.9 Å². The predicted molar refractivity (Wildman–Crippen MR) is 136 cm³/mol. The summed E-state index contributed by atoms with van der Waals surface area (Å²) in [7, 11) is -3.79. The van der Waals surface area contributed by atoms with Gasteiger partial charge in [0.15, 0.2) is 0 Å². The summed E-state index contributed by atoms with van der Waals surface area (Å²) in [6, 6.07) is 16.8. The van der Waals surface area contributed by atoms with Crippen LogP contribution in [0.3, 0.4) is 0 Å². The van der Waals surface area contributed by atoms with Crippen LogP contribution in [0.4, 0.5) is 28.2 Å².